The molecule has 0 radical (unpaired) electrons. The van der Waals surface area contributed by atoms with E-state index in [1.54, 1.807) is 31.2 Å². The molecule has 0 bridgehead atoms. The van der Waals surface area contributed by atoms with Gasteiger partial charge in [0.05, 0.1) is 18.9 Å². The standard InChI is InChI=1S/C38H48F3N5O9S/c1-21-10-6-8-12-24-19-37(24,34(49)45-56(51,52)26-14-15-26)44-31(47)28-18-25(54-32-27-13-9-7-11-23(27)17-29(42-32)53-5)20-46(28)33(48)30(22(2)16-21)43-35(50)55-36(3,4)38(39,40)41/h7-9,11-13,17,21-22,24-26,28,30H,6,10,14-16,18-20H2,1-5H3,(H,43,50)(H,44,47)(H,45,49)/b12-8-/t21-,22-,24-,25-,28+,30+,37-/m1/s1. The summed E-state index contributed by atoms with van der Waals surface area (Å²) >= 11 is 0. The number of halogens is 3. The minimum Gasteiger partial charge on any atom is -0.481 e. The number of pyridine rings is 1. The highest BCUT2D eigenvalue weighted by Crippen LogP contribution is 2.46. The van der Waals surface area contributed by atoms with Gasteiger partial charge in [0.25, 0.3) is 5.91 Å². The number of methoxy groups -OCH3 is 1. The normalized spacial score (nSPS) is 29.5. The number of ether oxygens (including phenoxy) is 3. The van der Waals surface area contributed by atoms with E-state index in [2.05, 4.69) is 20.3 Å². The summed E-state index contributed by atoms with van der Waals surface area (Å²) in [4.78, 5) is 61.6. The number of nitrogens with zero attached hydrogens (tertiary/aromatic N) is 2. The van der Waals surface area contributed by atoms with Crippen LogP contribution in [0.3, 0.4) is 0 Å². The molecular weight excluding hydrogens is 760 g/mol. The largest absolute Gasteiger partial charge is 0.481 e. The Morgan fingerprint density at radius 2 is 1.79 bits per heavy atom. The number of hydrogen-bond donors (Lipinski definition) is 3. The third-order valence-electron chi connectivity index (χ3n) is 11.1. The van der Waals surface area contributed by atoms with Crippen LogP contribution in [0.2, 0.25) is 0 Å². The number of benzene rings is 1. The minimum absolute atomic E-state index is 0.0342. The zero-order valence-corrected chi connectivity index (χ0v) is 32.7. The van der Waals surface area contributed by atoms with E-state index in [0.29, 0.717) is 51.3 Å². The summed E-state index contributed by atoms with van der Waals surface area (Å²) in [6.07, 6.45) is -1.27. The van der Waals surface area contributed by atoms with Gasteiger partial charge in [-0.15, -0.1) is 0 Å². The number of carbonyl (C=O) groups is 4. The molecule has 1 aromatic heterocycles. The van der Waals surface area contributed by atoms with Crippen molar-refractivity contribution >= 4 is 44.6 Å². The molecule has 0 unspecified atom stereocenters. The molecule has 7 atom stereocenters. The Kier molecular flexibility index (Phi) is 11.3. The van der Waals surface area contributed by atoms with Gasteiger partial charge in [-0.2, -0.15) is 18.2 Å². The Bertz CT molecular complexity index is 2010. The second kappa shape index (κ2) is 15.4. The summed E-state index contributed by atoms with van der Waals surface area (Å²) in [5.74, 6) is -3.25. The molecule has 0 spiro atoms. The Hall–Kier alpha value is -4.61. The van der Waals surface area contributed by atoms with Crippen molar-refractivity contribution in [1.82, 2.24) is 25.2 Å². The average molecular weight is 808 g/mol. The van der Waals surface area contributed by atoms with Crippen LogP contribution in [0.25, 0.3) is 10.8 Å². The van der Waals surface area contributed by atoms with Crippen molar-refractivity contribution in [1.29, 1.82) is 0 Å². The van der Waals surface area contributed by atoms with Gasteiger partial charge in [0.15, 0.2) is 0 Å². The first-order valence-corrected chi connectivity index (χ1v) is 20.3. The molecule has 4 amide bonds. The summed E-state index contributed by atoms with van der Waals surface area (Å²) < 4.78 is 85.5. The van der Waals surface area contributed by atoms with Crippen LogP contribution in [-0.2, 0) is 29.1 Å². The number of carbonyl (C=O) groups excluding carboxylic acids is 4. The van der Waals surface area contributed by atoms with Gasteiger partial charge in [-0.05, 0) is 75.7 Å². The number of allylic oxidation sites excluding steroid dienone is 1. The lowest BCUT2D eigenvalue weighted by atomic mass is 9.88. The fraction of sp³-hybridized carbons (Fsp3) is 0.605. The second-order valence-electron chi connectivity index (χ2n) is 16.0. The van der Waals surface area contributed by atoms with Gasteiger partial charge in [-0.25, -0.2) is 13.2 Å². The average Bonchev–Trinajstić information content (AvgIpc) is 4.04. The molecule has 2 saturated carbocycles. The maximum absolute atomic E-state index is 14.7. The van der Waals surface area contributed by atoms with Crippen molar-refractivity contribution in [3.05, 3.63) is 42.5 Å². The van der Waals surface area contributed by atoms with Gasteiger partial charge < -0.3 is 29.7 Å². The highest BCUT2D eigenvalue weighted by Gasteiger charge is 2.62. The van der Waals surface area contributed by atoms with E-state index < -0.39 is 86.4 Å². The van der Waals surface area contributed by atoms with Crippen molar-refractivity contribution < 1.29 is 55.0 Å². The molecule has 306 valence electrons. The maximum atomic E-state index is 14.7. The molecule has 56 heavy (non-hydrogen) atoms. The first-order valence-electron chi connectivity index (χ1n) is 18.8. The molecule has 3 heterocycles. The Morgan fingerprint density at radius 3 is 2.46 bits per heavy atom. The zero-order valence-electron chi connectivity index (χ0n) is 31.9. The van der Waals surface area contributed by atoms with E-state index in [4.69, 9.17) is 14.2 Å². The summed E-state index contributed by atoms with van der Waals surface area (Å²) in [5, 5.41) is 5.81. The third-order valence-corrected chi connectivity index (χ3v) is 12.9. The molecule has 1 saturated heterocycles. The SMILES string of the molecule is COc1cc2ccccc2c(O[C@@H]2C[C@H]3C(=O)N[C@]4(C(=O)NS(=O)(=O)C5CC5)C[C@H]4/C=C\CC[C@@H](C)C[C@@H](C)[C@H](NC(=O)OC(C)(C)C(F)(F)F)C(=O)N3C2)n1. The number of hydrogen-bond acceptors (Lipinski definition) is 10. The number of sulfonamides is 1. The van der Waals surface area contributed by atoms with E-state index >= 15 is 0 Å². The van der Waals surface area contributed by atoms with Crippen LogP contribution in [0.15, 0.2) is 42.5 Å². The highest BCUT2D eigenvalue weighted by atomic mass is 32.2. The van der Waals surface area contributed by atoms with Crippen LogP contribution >= 0.6 is 0 Å². The highest BCUT2D eigenvalue weighted by molar-refractivity contribution is 7.91. The summed E-state index contributed by atoms with van der Waals surface area (Å²) in [6, 6.07) is 6.16. The summed E-state index contributed by atoms with van der Waals surface area (Å²) in [5.41, 5.74) is -4.51. The molecule has 18 heteroatoms. The van der Waals surface area contributed by atoms with Crippen molar-refractivity contribution in [3.63, 3.8) is 0 Å². The lowest BCUT2D eigenvalue weighted by Gasteiger charge is -2.34. The molecule has 3 N–H and O–H groups in total. The number of alkyl carbamates (subject to hydrolysis) is 1. The van der Waals surface area contributed by atoms with Gasteiger partial charge in [-0.1, -0.05) is 44.2 Å². The molecule has 2 aliphatic heterocycles. The number of fused-ring (bicyclic) bond motifs is 3. The van der Waals surface area contributed by atoms with Crippen molar-refractivity contribution in [2.75, 3.05) is 13.7 Å². The molecule has 2 aliphatic carbocycles. The fourth-order valence-electron chi connectivity index (χ4n) is 7.44. The number of nitrogens with one attached hydrogen (secondary N) is 3. The van der Waals surface area contributed by atoms with Crippen molar-refractivity contribution in [3.8, 4) is 11.8 Å². The topological polar surface area (TPSA) is 182 Å². The van der Waals surface area contributed by atoms with E-state index in [0.717, 1.165) is 5.39 Å². The quantitative estimate of drug-likeness (QED) is 0.321. The number of alkyl halides is 3. The predicted molar refractivity (Wildman–Crippen MR) is 197 cm³/mol. The maximum Gasteiger partial charge on any atom is 0.427 e. The van der Waals surface area contributed by atoms with Crippen LogP contribution in [0, 0.1) is 17.8 Å². The van der Waals surface area contributed by atoms with Gasteiger partial charge in [0.1, 0.15) is 23.7 Å². The smallest absolute Gasteiger partial charge is 0.427 e. The molecule has 4 aliphatic rings. The monoisotopic (exact) mass is 807 g/mol. The van der Waals surface area contributed by atoms with E-state index in [9.17, 15) is 40.8 Å². The van der Waals surface area contributed by atoms with E-state index in [1.807, 2.05) is 25.1 Å². The predicted octanol–water partition coefficient (Wildman–Crippen LogP) is 4.52. The molecule has 1 aromatic carbocycles. The summed E-state index contributed by atoms with van der Waals surface area (Å²) in [6.45, 7) is 4.78. The van der Waals surface area contributed by atoms with Crippen LogP contribution in [0.1, 0.15) is 72.6 Å². The van der Waals surface area contributed by atoms with Crippen molar-refractivity contribution in [2.24, 2.45) is 17.8 Å². The van der Waals surface area contributed by atoms with Crippen LogP contribution < -0.4 is 24.8 Å². The van der Waals surface area contributed by atoms with Crippen LogP contribution in [0.4, 0.5) is 18.0 Å². The van der Waals surface area contributed by atoms with Crippen LogP contribution in [-0.4, -0.2) is 96.5 Å². The van der Waals surface area contributed by atoms with Gasteiger partial charge >= 0.3 is 12.3 Å². The number of amides is 4. The third kappa shape index (κ3) is 8.69. The molecule has 2 aromatic rings. The zero-order chi connectivity index (χ0) is 40.8. The van der Waals surface area contributed by atoms with E-state index in [1.165, 1.54) is 12.0 Å². The summed E-state index contributed by atoms with van der Waals surface area (Å²) in [7, 11) is -2.54. The van der Waals surface area contributed by atoms with Crippen LogP contribution in [0.5, 0.6) is 11.8 Å². The fourth-order valence-corrected chi connectivity index (χ4v) is 8.80. The van der Waals surface area contributed by atoms with Crippen molar-refractivity contribution in [2.45, 2.75) is 113 Å². The van der Waals surface area contributed by atoms with Gasteiger partial charge in [0.2, 0.25) is 39.2 Å². The Balaban J connectivity index is 1.36. The minimum atomic E-state index is -4.91. The molecule has 14 nitrogen and oxygen atoms in total. The Labute approximate surface area is 323 Å². The lowest BCUT2D eigenvalue weighted by molar-refractivity contribution is -0.244. The van der Waals surface area contributed by atoms with Gasteiger partial charge in [-0.3, -0.25) is 19.1 Å². The number of rotatable bonds is 8. The Morgan fingerprint density at radius 1 is 1.07 bits per heavy atom. The second-order valence-corrected chi connectivity index (χ2v) is 17.9. The molecular formula is C38H48F3N5O9S. The first-order chi connectivity index (χ1) is 26.2. The van der Waals surface area contributed by atoms with E-state index in [-0.39, 0.29) is 37.1 Å². The molecule has 3 fully saturated rings. The number of aromatic nitrogens is 1. The lowest BCUT2D eigenvalue weighted by Crippen LogP contribution is -2.59. The van der Waals surface area contributed by atoms with Gasteiger partial charge in [0, 0.05) is 23.8 Å². The molecule has 6 rings (SSSR count). The first kappa shape index (κ1) is 41.0.